The summed E-state index contributed by atoms with van der Waals surface area (Å²) in [5.74, 6) is 0.302. The highest BCUT2D eigenvalue weighted by atomic mass is 15.0. The van der Waals surface area contributed by atoms with E-state index >= 15 is 0 Å². The monoisotopic (exact) mass is 215 g/mol. The van der Waals surface area contributed by atoms with Gasteiger partial charge in [-0.1, -0.05) is 6.07 Å². The van der Waals surface area contributed by atoms with Crippen LogP contribution in [0.15, 0.2) is 36.9 Å². The van der Waals surface area contributed by atoms with Gasteiger partial charge in [0.15, 0.2) is 0 Å². The number of nitrogens with one attached hydrogen (secondary N) is 1. The number of nitrogen functional groups attached to an aromatic ring is 1. The van der Waals surface area contributed by atoms with Crippen molar-refractivity contribution < 1.29 is 0 Å². The highest BCUT2D eigenvalue weighted by Gasteiger charge is 1.95. The van der Waals surface area contributed by atoms with Crippen LogP contribution < -0.4 is 11.1 Å². The first-order valence-corrected chi connectivity index (χ1v) is 5.00. The number of hydrogen-bond acceptors (Lipinski definition) is 5. The molecule has 0 atom stereocenters. The number of nitrogens with zero attached hydrogens (tertiary/aromatic N) is 3. The largest absolute Gasteiger partial charge is 0.368 e. The molecule has 5 nitrogen and oxygen atoms in total. The first-order chi connectivity index (χ1) is 7.84. The number of aromatic nitrogens is 3. The summed E-state index contributed by atoms with van der Waals surface area (Å²) in [5, 5.41) is 3.28. The molecule has 0 aliphatic heterocycles. The maximum absolute atomic E-state index is 5.40. The molecule has 3 N–H and O–H groups in total. The SMILES string of the molecule is Nc1ncc(CNCc2cccnc2)cn1. The molecule has 0 unspecified atom stereocenters. The van der Waals surface area contributed by atoms with Crippen LogP contribution in [-0.2, 0) is 13.1 Å². The van der Waals surface area contributed by atoms with Gasteiger partial charge >= 0.3 is 0 Å². The van der Waals surface area contributed by atoms with Gasteiger partial charge in [0, 0.05) is 43.4 Å². The molecule has 0 aliphatic rings. The Bertz CT molecular complexity index is 426. The van der Waals surface area contributed by atoms with E-state index in [1.807, 2.05) is 18.3 Å². The van der Waals surface area contributed by atoms with E-state index < -0.39 is 0 Å². The maximum atomic E-state index is 5.40. The molecule has 0 saturated carbocycles. The Labute approximate surface area is 93.8 Å². The van der Waals surface area contributed by atoms with Gasteiger partial charge in [-0.3, -0.25) is 4.98 Å². The van der Waals surface area contributed by atoms with Gasteiger partial charge in [-0.05, 0) is 11.6 Å². The molecular weight excluding hydrogens is 202 g/mol. The third-order valence-corrected chi connectivity index (χ3v) is 2.11. The molecule has 0 amide bonds. The Morgan fingerprint density at radius 1 is 1.06 bits per heavy atom. The van der Waals surface area contributed by atoms with Crippen molar-refractivity contribution in [1.82, 2.24) is 20.3 Å². The number of nitrogens with two attached hydrogens (primary N) is 1. The standard InChI is InChI=1S/C11H13N5/c12-11-15-7-10(8-16-11)6-14-5-9-2-1-3-13-4-9/h1-4,7-8,14H,5-6H2,(H2,12,15,16). The first kappa shape index (κ1) is 10.5. The molecule has 2 aromatic heterocycles. The van der Waals surface area contributed by atoms with Crippen molar-refractivity contribution in [2.24, 2.45) is 0 Å². The van der Waals surface area contributed by atoms with E-state index in [2.05, 4.69) is 20.3 Å². The summed E-state index contributed by atoms with van der Waals surface area (Å²) in [4.78, 5) is 11.9. The smallest absolute Gasteiger partial charge is 0.219 e. The Hall–Kier alpha value is -2.01. The molecule has 0 saturated heterocycles. The normalized spacial score (nSPS) is 10.2. The van der Waals surface area contributed by atoms with E-state index in [1.165, 1.54) is 0 Å². The predicted molar refractivity (Wildman–Crippen MR) is 61.2 cm³/mol. The zero-order valence-electron chi connectivity index (χ0n) is 8.80. The Kier molecular flexibility index (Phi) is 3.40. The fraction of sp³-hybridized carbons (Fsp3) is 0.182. The molecule has 5 heteroatoms. The number of pyridine rings is 1. The zero-order chi connectivity index (χ0) is 11.2. The average Bonchev–Trinajstić information content (AvgIpc) is 2.33. The molecule has 82 valence electrons. The van der Waals surface area contributed by atoms with Gasteiger partial charge in [-0.2, -0.15) is 0 Å². The molecule has 2 rings (SSSR count). The van der Waals surface area contributed by atoms with Crippen molar-refractivity contribution in [1.29, 1.82) is 0 Å². The van der Waals surface area contributed by atoms with E-state index in [4.69, 9.17) is 5.73 Å². The molecule has 2 heterocycles. The molecule has 0 radical (unpaired) electrons. The van der Waals surface area contributed by atoms with Crippen LogP contribution in [0.1, 0.15) is 11.1 Å². The molecule has 2 aromatic rings. The average molecular weight is 215 g/mol. The van der Waals surface area contributed by atoms with Gasteiger partial charge in [0.1, 0.15) is 0 Å². The lowest BCUT2D eigenvalue weighted by molar-refractivity contribution is 0.687. The lowest BCUT2D eigenvalue weighted by Gasteiger charge is -2.04. The van der Waals surface area contributed by atoms with Crippen LogP contribution in [0.3, 0.4) is 0 Å². The van der Waals surface area contributed by atoms with Crippen molar-refractivity contribution in [3.8, 4) is 0 Å². The van der Waals surface area contributed by atoms with Gasteiger partial charge in [0.25, 0.3) is 0 Å². The summed E-state index contributed by atoms with van der Waals surface area (Å²) >= 11 is 0. The summed E-state index contributed by atoms with van der Waals surface area (Å²) in [6.45, 7) is 1.49. The lowest BCUT2D eigenvalue weighted by Crippen LogP contribution is -2.13. The number of rotatable bonds is 4. The van der Waals surface area contributed by atoms with E-state index in [0.29, 0.717) is 5.95 Å². The van der Waals surface area contributed by atoms with Gasteiger partial charge in [-0.15, -0.1) is 0 Å². The van der Waals surface area contributed by atoms with E-state index in [-0.39, 0.29) is 0 Å². The molecule has 0 spiro atoms. The van der Waals surface area contributed by atoms with Crippen LogP contribution in [0.25, 0.3) is 0 Å². The Morgan fingerprint density at radius 2 is 1.81 bits per heavy atom. The fourth-order valence-electron chi connectivity index (χ4n) is 1.31. The molecule has 16 heavy (non-hydrogen) atoms. The zero-order valence-corrected chi connectivity index (χ0v) is 8.80. The predicted octanol–water partition coefficient (Wildman–Crippen LogP) is 0.744. The summed E-state index contributed by atoms with van der Waals surface area (Å²) in [5.41, 5.74) is 7.56. The van der Waals surface area contributed by atoms with Gasteiger partial charge in [-0.25, -0.2) is 9.97 Å². The number of anilines is 1. The topological polar surface area (TPSA) is 76.7 Å². The molecule has 0 fully saturated rings. The molecule has 0 bridgehead atoms. The quantitative estimate of drug-likeness (QED) is 0.786. The van der Waals surface area contributed by atoms with Crippen LogP contribution in [0.4, 0.5) is 5.95 Å². The van der Waals surface area contributed by atoms with Crippen molar-refractivity contribution >= 4 is 5.95 Å². The minimum atomic E-state index is 0.302. The second-order valence-corrected chi connectivity index (χ2v) is 3.41. The fourth-order valence-corrected chi connectivity index (χ4v) is 1.31. The van der Waals surface area contributed by atoms with Crippen molar-refractivity contribution in [3.63, 3.8) is 0 Å². The van der Waals surface area contributed by atoms with E-state index in [1.54, 1.807) is 18.6 Å². The Balaban J connectivity index is 1.82. The van der Waals surface area contributed by atoms with Crippen molar-refractivity contribution in [3.05, 3.63) is 48.0 Å². The molecule has 0 aliphatic carbocycles. The molecule has 0 aromatic carbocycles. The Morgan fingerprint density at radius 3 is 2.50 bits per heavy atom. The van der Waals surface area contributed by atoms with Gasteiger partial charge < -0.3 is 11.1 Å². The summed E-state index contributed by atoms with van der Waals surface area (Å²) in [7, 11) is 0. The molecular formula is C11H13N5. The second kappa shape index (κ2) is 5.18. The van der Waals surface area contributed by atoms with Crippen LogP contribution in [0.5, 0.6) is 0 Å². The van der Waals surface area contributed by atoms with Gasteiger partial charge in [0.05, 0.1) is 0 Å². The highest BCUT2D eigenvalue weighted by Crippen LogP contribution is 1.98. The minimum Gasteiger partial charge on any atom is -0.368 e. The van der Waals surface area contributed by atoms with Crippen LogP contribution >= 0.6 is 0 Å². The summed E-state index contributed by atoms with van der Waals surface area (Å²) in [6.07, 6.45) is 7.04. The van der Waals surface area contributed by atoms with E-state index in [0.717, 1.165) is 24.2 Å². The third kappa shape index (κ3) is 2.99. The van der Waals surface area contributed by atoms with Crippen molar-refractivity contribution in [2.45, 2.75) is 13.1 Å². The number of hydrogen-bond donors (Lipinski definition) is 2. The van der Waals surface area contributed by atoms with Crippen LogP contribution in [0, 0.1) is 0 Å². The lowest BCUT2D eigenvalue weighted by atomic mass is 10.3. The van der Waals surface area contributed by atoms with Crippen LogP contribution in [0.2, 0.25) is 0 Å². The van der Waals surface area contributed by atoms with E-state index in [9.17, 15) is 0 Å². The first-order valence-electron chi connectivity index (χ1n) is 5.00. The maximum Gasteiger partial charge on any atom is 0.219 e. The summed E-state index contributed by atoms with van der Waals surface area (Å²) in [6, 6.07) is 3.95. The highest BCUT2D eigenvalue weighted by molar-refractivity contribution is 5.17. The van der Waals surface area contributed by atoms with Gasteiger partial charge in [0.2, 0.25) is 5.95 Å². The second-order valence-electron chi connectivity index (χ2n) is 3.41. The van der Waals surface area contributed by atoms with Crippen LogP contribution in [-0.4, -0.2) is 15.0 Å². The minimum absolute atomic E-state index is 0.302. The summed E-state index contributed by atoms with van der Waals surface area (Å²) < 4.78 is 0. The third-order valence-electron chi connectivity index (χ3n) is 2.11. The van der Waals surface area contributed by atoms with Crippen molar-refractivity contribution in [2.75, 3.05) is 5.73 Å².